The predicted molar refractivity (Wildman–Crippen MR) is 32.6 cm³/mol. The second-order valence-electron chi connectivity index (χ2n) is 2.96. The van der Waals surface area contributed by atoms with Crippen LogP contribution in [0.5, 0.6) is 0 Å². The van der Waals surface area contributed by atoms with Crippen LogP contribution in [0.25, 0.3) is 0 Å². The van der Waals surface area contributed by atoms with E-state index in [-0.39, 0.29) is 0 Å². The van der Waals surface area contributed by atoms with Gasteiger partial charge in [-0.25, -0.2) is 0 Å². The topological polar surface area (TPSA) is 46.3 Å². The predicted octanol–water partition coefficient (Wildman–Crippen LogP) is -0.968. The van der Waals surface area contributed by atoms with E-state index in [1.807, 2.05) is 0 Å². The SMILES string of the molecule is NC1C2CN(C=O)CC12. The van der Waals surface area contributed by atoms with Crippen LogP contribution in [0.15, 0.2) is 0 Å². The zero-order valence-corrected chi connectivity index (χ0v) is 5.16. The Bertz CT molecular complexity index is 136. The molecular weight excluding hydrogens is 116 g/mol. The molecule has 2 unspecified atom stereocenters. The minimum atomic E-state index is 0.404. The molecule has 1 saturated carbocycles. The van der Waals surface area contributed by atoms with Crippen molar-refractivity contribution in [3.63, 3.8) is 0 Å². The van der Waals surface area contributed by atoms with E-state index in [9.17, 15) is 4.79 Å². The number of amides is 1. The molecule has 1 aliphatic heterocycles. The molecule has 9 heavy (non-hydrogen) atoms. The molecule has 3 heteroatoms. The molecule has 0 aromatic rings. The summed E-state index contributed by atoms with van der Waals surface area (Å²) in [7, 11) is 0. The second kappa shape index (κ2) is 1.48. The van der Waals surface area contributed by atoms with Crippen molar-refractivity contribution in [3.8, 4) is 0 Å². The molecule has 1 saturated heterocycles. The van der Waals surface area contributed by atoms with Crippen LogP contribution in [0, 0.1) is 11.8 Å². The van der Waals surface area contributed by atoms with Gasteiger partial charge in [-0.3, -0.25) is 4.79 Å². The van der Waals surface area contributed by atoms with Gasteiger partial charge in [0.1, 0.15) is 0 Å². The summed E-state index contributed by atoms with van der Waals surface area (Å²) in [5.41, 5.74) is 5.65. The molecule has 0 aromatic heterocycles. The van der Waals surface area contributed by atoms with E-state index in [2.05, 4.69) is 0 Å². The first-order valence-electron chi connectivity index (χ1n) is 3.28. The molecule has 2 rings (SSSR count). The summed E-state index contributed by atoms with van der Waals surface area (Å²) in [6.45, 7) is 1.80. The Balaban J connectivity index is 1.96. The molecule has 2 atom stereocenters. The lowest BCUT2D eigenvalue weighted by Gasteiger charge is -2.10. The lowest BCUT2D eigenvalue weighted by Crippen LogP contribution is -2.26. The summed E-state index contributed by atoms with van der Waals surface area (Å²) >= 11 is 0. The summed E-state index contributed by atoms with van der Waals surface area (Å²) in [6, 6.07) is 0.404. The smallest absolute Gasteiger partial charge is 0.209 e. The number of piperidine rings is 1. The third kappa shape index (κ3) is 0.580. The summed E-state index contributed by atoms with van der Waals surface area (Å²) < 4.78 is 0. The van der Waals surface area contributed by atoms with Gasteiger partial charge in [0.2, 0.25) is 6.41 Å². The molecule has 1 amide bonds. The maximum Gasteiger partial charge on any atom is 0.209 e. The largest absolute Gasteiger partial charge is 0.345 e. The fourth-order valence-corrected chi connectivity index (χ4v) is 1.69. The summed E-state index contributed by atoms with van der Waals surface area (Å²) in [4.78, 5) is 12.0. The number of nitrogens with zero attached hydrogens (tertiary/aromatic N) is 1. The Morgan fingerprint density at radius 3 is 2.44 bits per heavy atom. The molecule has 0 radical (unpaired) electrons. The van der Waals surface area contributed by atoms with Crippen LogP contribution in [0.4, 0.5) is 0 Å². The minimum absolute atomic E-state index is 0.404. The van der Waals surface area contributed by atoms with Crippen molar-refractivity contribution < 1.29 is 4.79 Å². The maximum absolute atomic E-state index is 10.2. The van der Waals surface area contributed by atoms with Crippen LogP contribution in [0.2, 0.25) is 0 Å². The standard InChI is InChI=1S/C6H10N2O/c7-6-4-1-8(3-9)2-5(4)6/h3-6H,1-2,7H2. The van der Waals surface area contributed by atoms with E-state index in [4.69, 9.17) is 5.73 Å². The van der Waals surface area contributed by atoms with Crippen molar-refractivity contribution in [2.24, 2.45) is 17.6 Å². The Labute approximate surface area is 53.8 Å². The highest BCUT2D eigenvalue weighted by Gasteiger charge is 2.53. The van der Waals surface area contributed by atoms with Crippen LogP contribution < -0.4 is 5.73 Å². The summed E-state index contributed by atoms with van der Waals surface area (Å²) in [5.74, 6) is 1.27. The molecule has 50 valence electrons. The van der Waals surface area contributed by atoms with Crippen LogP contribution in [-0.2, 0) is 4.79 Å². The molecule has 3 nitrogen and oxygen atoms in total. The van der Waals surface area contributed by atoms with Gasteiger partial charge in [0, 0.05) is 19.1 Å². The lowest BCUT2D eigenvalue weighted by molar-refractivity contribution is -0.117. The zero-order valence-electron chi connectivity index (χ0n) is 5.16. The van der Waals surface area contributed by atoms with Gasteiger partial charge in [0.25, 0.3) is 0 Å². The quantitative estimate of drug-likeness (QED) is 0.459. The van der Waals surface area contributed by atoms with Crippen LogP contribution >= 0.6 is 0 Å². The zero-order chi connectivity index (χ0) is 6.43. The van der Waals surface area contributed by atoms with Crippen molar-refractivity contribution in [1.29, 1.82) is 0 Å². The van der Waals surface area contributed by atoms with Gasteiger partial charge < -0.3 is 10.6 Å². The number of carbonyl (C=O) groups excluding carboxylic acids is 1. The van der Waals surface area contributed by atoms with Crippen molar-refractivity contribution in [2.75, 3.05) is 13.1 Å². The number of carbonyl (C=O) groups is 1. The van der Waals surface area contributed by atoms with E-state index < -0.39 is 0 Å². The highest BCUT2D eigenvalue weighted by atomic mass is 16.1. The van der Waals surface area contributed by atoms with Crippen LogP contribution in [0.1, 0.15) is 0 Å². The molecule has 0 aromatic carbocycles. The Kier molecular flexibility index (Phi) is 0.858. The van der Waals surface area contributed by atoms with Gasteiger partial charge in [0.15, 0.2) is 0 Å². The van der Waals surface area contributed by atoms with E-state index in [1.165, 1.54) is 0 Å². The van der Waals surface area contributed by atoms with Crippen molar-refractivity contribution in [1.82, 2.24) is 4.90 Å². The molecular formula is C6H10N2O. The molecule has 1 aliphatic carbocycles. The number of hydrogen-bond acceptors (Lipinski definition) is 2. The fourth-order valence-electron chi connectivity index (χ4n) is 1.69. The molecule has 0 spiro atoms. The number of nitrogens with two attached hydrogens (primary N) is 1. The van der Waals surface area contributed by atoms with Gasteiger partial charge in [-0.1, -0.05) is 0 Å². The number of likely N-dealkylation sites (tertiary alicyclic amines) is 1. The normalized spacial score (nSPS) is 46.8. The third-order valence-corrected chi connectivity index (χ3v) is 2.44. The summed E-state index contributed by atoms with van der Waals surface area (Å²) in [6.07, 6.45) is 0.916. The highest BCUT2D eigenvalue weighted by molar-refractivity contribution is 5.48. The van der Waals surface area contributed by atoms with Crippen molar-refractivity contribution >= 4 is 6.41 Å². The van der Waals surface area contributed by atoms with Crippen molar-refractivity contribution in [2.45, 2.75) is 6.04 Å². The van der Waals surface area contributed by atoms with Crippen LogP contribution in [-0.4, -0.2) is 30.4 Å². The molecule has 2 aliphatic rings. The van der Waals surface area contributed by atoms with E-state index in [1.54, 1.807) is 4.90 Å². The monoisotopic (exact) mass is 126 g/mol. The first-order chi connectivity index (χ1) is 4.33. The van der Waals surface area contributed by atoms with Gasteiger partial charge in [-0.2, -0.15) is 0 Å². The van der Waals surface area contributed by atoms with Crippen molar-refractivity contribution in [3.05, 3.63) is 0 Å². The van der Waals surface area contributed by atoms with Gasteiger partial charge in [0.05, 0.1) is 0 Å². The fraction of sp³-hybridized carbons (Fsp3) is 0.833. The number of hydrogen-bond donors (Lipinski definition) is 1. The number of rotatable bonds is 1. The average molecular weight is 126 g/mol. The van der Waals surface area contributed by atoms with E-state index in [0.717, 1.165) is 19.5 Å². The highest BCUT2D eigenvalue weighted by Crippen LogP contribution is 2.42. The van der Waals surface area contributed by atoms with E-state index in [0.29, 0.717) is 17.9 Å². The second-order valence-corrected chi connectivity index (χ2v) is 2.96. The summed E-state index contributed by atoms with van der Waals surface area (Å²) in [5, 5.41) is 0. The first kappa shape index (κ1) is 5.23. The van der Waals surface area contributed by atoms with Crippen LogP contribution in [0.3, 0.4) is 0 Å². The molecule has 2 fully saturated rings. The molecule has 2 N–H and O–H groups in total. The Morgan fingerprint density at radius 1 is 1.44 bits per heavy atom. The average Bonchev–Trinajstić information content (AvgIpc) is 2.32. The molecule has 1 heterocycles. The minimum Gasteiger partial charge on any atom is -0.345 e. The Morgan fingerprint density at radius 2 is 2.00 bits per heavy atom. The maximum atomic E-state index is 10.2. The Hall–Kier alpha value is -0.570. The number of fused-ring (bicyclic) bond motifs is 1. The molecule has 0 bridgehead atoms. The van der Waals surface area contributed by atoms with E-state index >= 15 is 0 Å². The van der Waals surface area contributed by atoms with Gasteiger partial charge in [-0.05, 0) is 11.8 Å². The first-order valence-corrected chi connectivity index (χ1v) is 3.28. The third-order valence-electron chi connectivity index (χ3n) is 2.44. The lowest BCUT2D eigenvalue weighted by atomic mass is 10.4. The van der Waals surface area contributed by atoms with Gasteiger partial charge in [-0.15, -0.1) is 0 Å². The van der Waals surface area contributed by atoms with Gasteiger partial charge >= 0.3 is 0 Å².